The molecule has 4 nitrogen and oxygen atoms in total. The van der Waals surface area contributed by atoms with E-state index >= 15 is 0 Å². The molecule has 0 saturated heterocycles. The van der Waals surface area contributed by atoms with Crippen molar-refractivity contribution >= 4 is 17.7 Å². The highest BCUT2D eigenvalue weighted by Crippen LogP contribution is 2.42. The number of carboxylic acids is 1. The largest absolute Gasteiger partial charge is 0.480 e. The van der Waals surface area contributed by atoms with E-state index in [4.69, 9.17) is 15.6 Å². The minimum absolute atomic E-state index is 0.150. The molecule has 1 N–H and O–H groups in total. The van der Waals surface area contributed by atoms with Gasteiger partial charge in [-0.15, -0.1) is 11.8 Å². The molecular weight excluding hydrogens is 176 g/mol. The van der Waals surface area contributed by atoms with E-state index in [1.807, 2.05) is 0 Å². The lowest BCUT2D eigenvalue weighted by atomic mass is 9.85. The van der Waals surface area contributed by atoms with Crippen molar-refractivity contribution in [3.63, 3.8) is 0 Å². The van der Waals surface area contributed by atoms with E-state index in [1.54, 1.807) is 12.1 Å². The summed E-state index contributed by atoms with van der Waals surface area (Å²) in [6.45, 7) is 0. The molecule has 0 amide bonds. The van der Waals surface area contributed by atoms with E-state index in [-0.39, 0.29) is 5.57 Å². The monoisotopic (exact) mass is 178 g/mol. The normalized spacial score (nSPS) is 27.0. The predicted octanol–water partition coefficient (Wildman–Crippen LogP) is 0.700. The van der Waals surface area contributed by atoms with Crippen molar-refractivity contribution in [1.82, 2.24) is 0 Å². The van der Waals surface area contributed by atoms with Crippen LogP contribution in [0.15, 0.2) is 5.57 Å². The van der Waals surface area contributed by atoms with Crippen LogP contribution in [-0.2, 0) is 4.79 Å². The minimum atomic E-state index is -1.79. The summed E-state index contributed by atoms with van der Waals surface area (Å²) in [7, 11) is 0. The standard InChI is InChI=1S/C7H2N2O2S/c8-1-5-2-12-4-7(5,3-9)6(10)11/h4H,(H,10,11). The van der Waals surface area contributed by atoms with Gasteiger partial charge in [-0.2, -0.15) is 10.5 Å². The first-order valence-corrected chi connectivity index (χ1v) is 3.73. The van der Waals surface area contributed by atoms with Crippen molar-refractivity contribution in [2.24, 2.45) is 5.41 Å². The van der Waals surface area contributed by atoms with E-state index < -0.39 is 11.4 Å². The van der Waals surface area contributed by atoms with Crippen molar-refractivity contribution in [2.45, 2.75) is 0 Å². The molecule has 58 valence electrons. The molecular formula is C7H2N2O2S. The Balaban J connectivity index is 3.16. The van der Waals surface area contributed by atoms with Crippen LogP contribution in [0.5, 0.6) is 0 Å². The molecule has 12 heavy (non-hydrogen) atoms. The van der Waals surface area contributed by atoms with Gasteiger partial charge in [0, 0.05) is 5.41 Å². The molecule has 1 aliphatic rings. The fourth-order valence-electron chi connectivity index (χ4n) is 0.715. The summed E-state index contributed by atoms with van der Waals surface area (Å²) in [5.74, 6) is -0.146. The van der Waals surface area contributed by atoms with Crippen molar-refractivity contribution in [3.05, 3.63) is 16.7 Å². The van der Waals surface area contributed by atoms with Gasteiger partial charge in [0.05, 0.1) is 23.5 Å². The number of nitrogens with zero attached hydrogens (tertiary/aromatic N) is 2. The van der Waals surface area contributed by atoms with Gasteiger partial charge in [-0.25, -0.2) is 0 Å². The van der Waals surface area contributed by atoms with Gasteiger partial charge in [0.2, 0.25) is 5.41 Å². The lowest BCUT2D eigenvalue weighted by molar-refractivity contribution is -0.141. The first-order valence-electron chi connectivity index (χ1n) is 2.85. The summed E-state index contributed by atoms with van der Waals surface area (Å²) in [5.41, 5.74) is -1.94. The lowest BCUT2D eigenvalue weighted by Crippen LogP contribution is -2.28. The average molecular weight is 178 g/mol. The van der Waals surface area contributed by atoms with Gasteiger partial charge in [-0.3, -0.25) is 4.79 Å². The van der Waals surface area contributed by atoms with E-state index in [0.717, 1.165) is 11.8 Å². The van der Waals surface area contributed by atoms with Crippen molar-refractivity contribution < 1.29 is 9.90 Å². The number of carbonyl (C=O) groups is 1. The minimum Gasteiger partial charge on any atom is -0.480 e. The number of aliphatic carboxylic acids is 1. The fourth-order valence-corrected chi connectivity index (χ4v) is 1.55. The number of nitriles is 2. The zero-order valence-electron chi connectivity index (χ0n) is 5.74. The first-order chi connectivity index (χ1) is 5.67. The van der Waals surface area contributed by atoms with Crippen LogP contribution in [0.3, 0.4) is 0 Å². The predicted molar refractivity (Wildman–Crippen MR) is 39.9 cm³/mol. The van der Waals surface area contributed by atoms with Gasteiger partial charge in [-0.1, -0.05) is 0 Å². The van der Waals surface area contributed by atoms with Gasteiger partial charge >= 0.3 is 5.97 Å². The molecule has 0 aromatic heterocycles. The molecule has 2 radical (unpaired) electrons. The van der Waals surface area contributed by atoms with Crippen LogP contribution in [0.25, 0.3) is 0 Å². The molecule has 1 rings (SSSR count). The Bertz CT molecular complexity index is 336. The zero-order chi connectivity index (χ0) is 9.19. The van der Waals surface area contributed by atoms with Crippen molar-refractivity contribution in [2.75, 3.05) is 0 Å². The Hall–Kier alpha value is -1.46. The second kappa shape index (κ2) is 2.88. The zero-order valence-corrected chi connectivity index (χ0v) is 6.55. The number of rotatable bonds is 1. The maximum atomic E-state index is 10.6. The molecule has 1 heterocycles. The van der Waals surface area contributed by atoms with Gasteiger partial charge in [0.15, 0.2) is 0 Å². The molecule has 0 fully saturated rings. The Kier molecular flexibility index (Phi) is 2.07. The molecule has 1 unspecified atom stereocenters. The lowest BCUT2D eigenvalue weighted by Gasteiger charge is -2.12. The van der Waals surface area contributed by atoms with Crippen LogP contribution >= 0.6 is 11.8 Å². The third-order valence-electron chi connectivity index (χ3n) is 1.42. The van der Waals surface area contributed by atoms with Crippen LogP contribution in [0.2, 0.25) is 0 Å². The van der Waals surface area contributed by atoms with E-state index in [2.05, 4.69) is 5.41 Å². The molecule has 0 bridgehead atoms. The SMILES string of the molecule is N#CC1=[C]S[CH]C1(C#N)C(=O)O. The molecule has 0 aliphatic carbocycles. The van der Waals surface area contributed by atoms with Crippen LogP contribution in [-0.4, -0.2) is 11.1 Å². The molecule has 5 heteroatoms. The third kappa shape index (κ3) is 0.956. The summed E-state index contributed by atoms with van der Waals surface area (Å²) in [6.07, 6.45) is 0. The third-order valence-corrected chi connectivity index (χ3v) is 2.21. The number of hydrogen-bond donors (Lipinski definition) is 1. The summed E-state index contributed by atoms with van der Waals surface area (Å²) < 4.78 is 0. The quantitative estimate of drug-likeness (QED) is 0.638. The number of hydrogen-bond acceptors (Lipinski definition) is 4. The Labute approximate surface area is 73.1 Å². The Morgan fingerprint density at radius 2 is 2.42 bits per heavy atom. The summed E-state index contributed by atoms with van der Waals surface area (Å²) in [6, 6.07) is 3.22. The van der Waals surface area contributed by atoms with E-state index in [1.165, 1.54) is 5.75 Å². The first kappa shape index (κ1) is 8.63. The topological polar surface area (TPSA) is 84.9 Å². The Morgan fingerprint density at radius 1 is 1.75 bits per heavy atom. The Morgan fingerprint density at radius 3 is 2.75 bits per heavy atom. The van der Waals surface area contributed by atoms with E-state index in [0.29, 0.717) is 0 Å². The van der Waals surface area contributed by atoms with Crippen LogP contribution in [0.4, 0.5) is 0 Å². The second-order valence-corrected chi connectivity index (χ2v) is 2.73. The maximum absolute atomic E-state index is 10.6. The summed E-state index contributed by atoms with van der Waals surface area (Å²) in [4.78, 5) is 10.6. The molecule has 0 aromatic rings. The smallest absolute Gasteiger partial charge is 0.330 e. The molecule has 0 saturated carbocycles. The maximum Gasteiger partial charge on any atom is 0.330 e. The molecule has 0 aromatic carbocycles. The molecule has 1 atom stereocenters. The second-order valence-electron chi connectivity index (χ2n) is 2.05. The van der Waals surface area contributed by atoms with Crippen LogP contribution in [0, 0.1) is 39.2 Å². The summed E-state index contributed by atoms with van der Waals surface area (Å²) in [5, 5.41) is 28.2. The van der Waals surface area contributed by atoms with Crippen molar-refractivity contribution in [1.29, 1.82) is 10.5 Å². The van der Waals surface area contributed by atoms with Crippen LogP contribution < -0.4 is 0 Å². The number of carboxylic acid groups (broad SMARTS) is 1. The highest BCUT2D eigenvalue weighted by atomic mass is 32.2. The van der Waals surface area contributed by atoms with Gasteiger partial charge < -0.3 is 5.11 Å². The molecule has 0 spiro atoms. The van der Waals surface area contributed by atoms with Crippen LogP contribution in [0.1, 0.15) is 0 Å². The van der Waals surface area contributed by atoms with Gasteiger partial charge in [0.1, 0.15) is 0 Å². The molecule has 1 aliphatic heterocycles. The fraction of sp³-hybridized carbons (Fsp3) is 0.143. The van der Waals surface area contributed by atoms with Crippen molar-refractivity contribution in [3.8, 4) is 12.1 Å². The van der Waals surface area contributed by atoms with E-state index in [9.17, 15) is 4.79 Å². The highest BCUT2D eigenvalue weighted by Gasteiger charge is 2.47. The highest BCUT2D eigenvalue weighted by molar-refractivity contribution is 8.03. The van der Waals surface area contributed by atoms with Gasteiger partial charge in [0.25, 0.3) is 0 Å². The number of thioether (sulfide) groups is 1. The van der Waals surface area contributed by atoms with Gasteiger partial charge in [-0.05, 0) is 0 Å². The summed E-state index contributed by atoms with van der Waals surface area (Å²) >= 11 is 0.929. The average Bonchev–Trinajstić information content (AvgIpc) is 2.47.